The zero-order chi connectivity index (χ0) is 14.4. The van der Waals surface area contributed by atoms with E-state index in [-0.39, 0.29) is 5.90 Å². The van der Waals surface area contributed by atoms with Gasteiger partial charge in [0.1, 0.15) is 5.69 Å². The second-order valence-corrected chi connectivity index (χ2v) is 4.73. The van der Waals surface area contributed by atoms with Gasteiger partial charge in [0.25, 0.3) is 5.90 Å². The molecule has 102 valence electrons. The minimum absolute atomic E-state index is 0.130. The smallest absolute Gasteiger partial charge is 0.324 e. The molecule has 1 aliphatic heterocycles. The molecule has 0 fully saturated rings. The van der Waals surface area contributed by atoms with Crippen molar-refractivity contribution in [1.82, 2.24) is 10.4 Å². The van der Waals surface area contributed by atoms with E-state index in [2.05, 4.69) is 15.5 Å². The van der Waals surface area contributed by atoms with Crippen LogP contribution in [0.25, 0.3) is 0 Å². The third kappa shape index (κ3) is 1.47. The van der Waals surface area contributed by atoms with E-state index in [4.69, 9.17) is 4.74 Å². The van der Waals surface area contributed by atoms with Crippen LogP contribution < -0.4 is 5.43 Å². The summed E-state index contributed by atoms with van der Waals surface area (Å²) in [5.41, 5.74) is 1.91. The van der Waals surface area contributed by atoms with E-state index in [1.807, 2.05) is 0 Å². The number of carbonyl (C=O) groups is 2. The van der Waals surface area contributed by atoms with E-state index < -0.39 is 17.3 Å². The van der Waals surface area contributed by atoms with Crippen molar-refractivity contribution in [3.8, 4) is 0 Å². The van der Waals surface area contributed by atoms with Crippen LogP contribution in [-0.4, -0.2) is 28.2 Å². The number of ether oxygens (including phenoxy) is 1. The SMILES string of the molecule is O=C1c2ccccc2C(=O)C12NN=C(c1ccccn1)O2. The van der Waals surface area contributed by atoms with Gasteiger partial charge in [0, 0.05) is 17.3 Å². The summed E-state index contributed by atoms with van der Waals surface area (Å²) in [5.74, 6) is -0.735. The van der Waals surface area contributed by atoms with Crippen LogP contribution in [0.1, 0.15) is 26.4 Å². The topological polar surface area (TPSA) is 80.7 Å². The molecule has 2 aromatic rings. The van der Waals surface area contributed by atoms with Gasteiger partial charge >= 0.3 is 5.72 Å². The van der Waals surface area contributed by atoms with E-state index in [1.54, 1.807) is 48.7 Å². The summed E-state index contributed by atoms with van der Waals surface area (Å²) < 4.78 is 5.58. The molecule has 21 heavy (non-hydrogen) atoms. The lowest BCUT2D eigenvalue weighted by Crippen LogP contribution is -2.51. The van der Waals surface area contributed by atoms with Crippen molar-refractivity contribution in [2.75, 3.05) is 0 Å². The highest BCUT2D eigenvalue weighted by molar-refractivity contribution is 6.33. The highest BCUT2D eigenvalue weighted by Crippen LogP contribution is 2.34. The second kappa shape index (κ2) is 3.99. The monoisotopic (exact) mass is 279 g/mol. The van der Waals surface area contributed by atoms with Crippen molar-refractivity contribution in [3.05, 3.63) is 65.5 Å². The number of hydrazone groups is 1. The molecule has 1 aliphatic carbocycles. The molecule has 1 spiro atoms. The van der Waals surface area contributed by atoms with E-state index in [0.717, 1.165) is 0 Å². The lowest BCUT2D eigenvalue weighted by atomic mass is 10.1. The van der Waals surface area contributed by atoms with Crippen molar-refractivity contribution >= 4 is 17.5 Å². The molecular weight excluding hydrogens is 270 g/mol. The maximum Gasteiger partial charge on any atom is 0.324 e. The summed E-state index contributed by atoms with van der Waals surface area (Å²) in [6.45, 7) is 0. The van der Waals surface area contributed by atoms with Crippen LogP contribution in [0.2, 0.25) is 0 Å². The molecule has 2 aliphatic rings. The number of ketones is 2. The summed E-state index contributed by atoms with van der Waals surface area (Å²) in [5, 5.41) is 3.97. The number of carbonyl (C=O) groups excluding carboxylic acids is 2. The van der Waals surface area contributed by atoms with Crippen LogP contribution in [0.15, 0.2) is 53.8 Å². The summed E-state index contributed by atoms with van der Waals surface area (Å²) in [6, 6.07) is 11.8. The van der Waals surface area contributed by atoms with E-state index in [1.165, 1.54) is 0 Å². The van der Waals surface area contributed by atoms with Gasteiger partial charge in [0.05, 0.1) is 0 Å². The Hall–Kier alpha value is -3.02. The van der Waals surface area contributed by atoms with Gasteiger partial charge in [-0.05, 0) is 12.1 Å². The van der Waals surface area contributed by atoms with E-state index >= 15 is 0 Å². The number of hydrogen-bond acceptors (Lipinski definition) is 6. The molecule has 0 saturated carbocycles. The molecular formula is C15H9N3O3. The highest BCUT2D eigenvalue weighted by Gasteiger charge is 2.59. The van der Waals surface area contributed by atoms with Crippen molar-refractivity contribution < 1.29 is 14.3 Å². The maximum absolute atomic E-state index is 12.5. The third-order valence-electron chi connectivity index (χ3n) is 3.50. The number of pyridine rings is 1. The summed E-state index contributed by atoms with van der Waals surface area (Å²) in [6.07, 6.45) is 1.58. The van der Waals surface area contributed by atoms with Crippen LogP contribution >= 0.6 is 0 Å². The zero-order valence-electron chi connectivity index (χ0n) is 10.7. The van der Waals surface area contributed by atoms with Gasteiger partial charge < -0.3 is 4.74 Å². The van der Waals surface area contributed by atoms with Gasteiger partial charge in [0.2, 0.25) is 11.6 Å². The fraction of sp³-hybridized carbons (Fsp3) is 0.0667. The highest BCUT2D eigenvalue weighted by atomic mass is 16.6. The first kappa shape index (κ1) is 11.8. The van der Waals surface area contributed by atoms with Gasteiger partial charge in [-0.1, -0.05) is 30.3 Å². The molecule has 4 rings (SSSR count). The van der Waals surface area contributed by atoms with Gasteiger partial charge in [-0.2, -0.15) is 0 Å². The van der Waals surface area contributed by atoms with Crippen LogP contribution in [0.4, 0.5) is 0 Å². The fourth-order valence-corrected chi connectivity index (χ4v) is 2.47. The number of benzene rings is 1. The molecule has 1 aromatic heterocycles. The number of nitrogens with one attached hydrogen (secondary N) is 1. The molecule has 6 nitrogen and oxygen atoms in total. The Labute approximate surface area is 119 Å². The molecule has 0 unspecified atom stereocenters. The van der Waals surface area contributed by atoms with E-state index in [9.17, 15) is 9.59 Å². The van der Waals surface area contributed by atoms with Crippen molar-refractivity contribution in [2.45, 2.75) is 5.72 Å². The van der Waals surface area contributed by atoms with Gasteiger partial charge in [0.15, 0.2) is 0 Å². The molecule has 0 radical (unpaired) electrons. The number of hydrogen-bond donors (Lipinski definition) is 1. The normalized spacial score (nSPS) is 18.2. The average Bonchev–Trinajstić information content (AvgIpc) is 3.08. The second-order valence-electron chi connectivity index (χ2n) is 4.73. The number of Topliss-reactive ketones (excluding diaryl/α,β-unsaturated/α-hetero) is 2. The standard InChI is InChI=1S/C15H9N3O3/c19-12-9-5-1-2-6-10(9)13(20)15(12)18-17-14(21-15)11-7-3-4-8-16-11/h1-8,18H. The van der Waals surface area contributed by atoms with Crippen LogP contribution in [0.5, 0.6) is 0 Å². The Balaban J connectivity index is 1.74. The average molecular weight is 279 g/mol. The summed E-state index contributed by atoms with van der Waals surface area (Å²) in [7, 11) is 0. The first-order valence-corrected chi connectivity index (χ1v) is 6.36. The van der Waals surface area contributed by atoms with Crippen LogP contribution in [-0.2, 0) is 4.74 Å². The van der Waals surface area contributed by atoms with Crippen LogP contribution in [0, 0.1) is 0 Å². The molecule has 0 saturated heterocycles. The molecule has 0 bridgehead atoms. The molecule has 1 N–H and O–H groups in total. The fourth-order valence-electron chi connectivity index (χ4n) is 2.47. The summed E-state index contributed by atoms with van der Waals surface area (Å²) in [4.78, 5) is 29.1. The number of nitrogens with zero attached hydrogens (tertiary/aromatic N) is 2. The Morgan fingerprint density at radius 2 is 1.62 bits per heavy atom. The van der Waals surface area contributed by atoms with E-state index in [0.29, 0.717) is 16.8 Å². The lowest BCUT2D eigenvalue weighted by Gasteiger charge is -2.18. The van der Waals surface area contributed by atoms with Crippen LogP contribution in [0.3, 0.4) is 0 Å². The molecule has 0 amide bonds. The quantitative estimate of drug-likeness (QED) is 0.792. The predicted octanol–water partition coefficient (Wildman–Crippen LogP) is 1.14. The molecule has 2 heterocycles. The number of aromatic nitrogens is 1. The third-order valence-corrected chi connectivity index (χ3v) is 3.50. The first-order valence-electron chi connectivity index (χ1n) is 6.36. The van der Waals surface area contributed by atoms with Gasteiger partial charge in [-0.15, -0.1) is 5.10 Å². The minimum atomic E-state index is -1.78. The van der Waals surface area contributed by atoms with Crippen molar-refractivity contribution in [2.24, 2.45) is 5.10 Å². The number of rotatable bonds is 1. The Kier molecular flexibility index (Phi) is 2.24. The maximum atomic E-state index is 12.5. The number of fused-ring (bicyclic) bond motifs is 1. The van der Waals surface area contributed by atoms with Gasteiger partial charge in [-0.25, -0.2) is 0 Å². The Morgan fingerprint density at radius 3 is 2.24 bits per heavy atom. The Morgan fingerprint density at radius 1 is 0.952 bits per heavy atom. The van der Waals surface area contributed by atoms with Gasteiger partial charge in [-0.3, -0.25) is 20.0 Å². The molecule has 0 atom stereocenters. The minimum Gasteiger partial charge on any atom is -0.431 e. The largest absolute Gasteiger partial charge is 0.431 e. The zero-order valence-corrected chi connectivity index (χ0v) is 10.7. The lowest BCUT2D eigenvalue weighted by molar-refractivity contribution is 0.0362. The predicted molar refractivity (Wildman–Crippen MR) is 72.8 cm³/mol. The molecule has 6 heteroatoms. The first-order chi connectivity index (χ1) is 10.2. The summed E-state index contributed by atoms with van der Waals surface area (Å²) >= 11 is 0. The van der Waals surface area contributed by atoms with Crippen molar-refractivity contribution in [1.29, 1.82) is 0 Å². The van der Waals surface area contributed by atoms with Crippen molar-refractivity contribution in [3.63, 3.8) is 0 Å². The Bertz CT molecular complexity index is 764. The molecule has 1 aromatic carbocycles.